The van der Waals surface area contributed by atoms with Crippen LogP contribution in [0.15, 0.2) is 30.3 Å². The smallest absolute Gasteiger partial charge is 0.223 e. The summed E-state index contributed by atoms with van der Waals surface area (Å²) in [5.74, 6) is -0.369. The minimum absolute atomic E-state index is 0.0228. The van der Waals surface area contributed by atoms with Crippen molar-refractivity contribution in [3.63, 3.8) is 0 Å². The van der Waals surface area contributed by atoms with E-state index >= 15 is 0 Å². The molecule has 1 unspecified atom stereocenters. The minimum Gasteiger partial charge on any atom is -0.349 e. The molecule has 0 saturated carbocycles. The average Bonchev–Trinajstić information content (AvgIpc) is 2.26. The highest BCUT2D eigenvalue weighted by molar-refractivity contribution is 5.77. The van der Waals surface area contributed by atoms with Crippen LogP contribution in [0.2, 0.25) is 0 Å². The van der Waals surface area contributed by atoms with Crippen molar-refractivity contribution in [2.75, 3.05) is 14.1 Å². The van der Waals surface area contributed by atoms with Crippen LogP contribution in [0.25, 0.3) is 0 Å². The molecule has 0 aliphatic heterocycles. The third-order valence-electron chi connectivity index (χ3n) is 2.24. The summed E-state index contributed by atoms with van der Waals surface area (Å²) in [5.41, 5.74) is 0.898. The molecule has 1 amide bonds. The summed E-state index contributed by atoms with van der Waals surface area (Å²) < 4.78 is 0. The Hall–Kier alpha value is -1.82. The van der Waals surface area contributed by atoms with Crippen LogP contribution in [-0.4, -0.2) is 24.9 Å². The molecule has 0 radical (unpaired) electrons. The topological polar surface area (TPSA) is 44.1 Å². The molecule has 0 bridgehead atoms. The number of carbonyl (C=O) groups excluding carboxylic acids is 1. The zero-order valence-electron chi connectivity index (χ0n) is 8.97. The molecule has 0 aliphatic rings. The fraction of sp³-hybridized carbons (Fsp3) is 0.333. The van der Waals surface area contributed by atoms with Crippen molar-refractivity contribution < 1.29 is 4.79 Å². The van der Waals surface area contributed by atoms with Crippen molar-refractivity contribution in [2.24, 2.45) is 0 Å². The highest BCUT2D eigenvalue weighted by Gasteiger charge is 2.15. The molecule has 78 valence electrons. The van der Waals surface area contributed by atoms with Crippen LogP contribution in [0.4, 0.5) is 0 Å². The summed E-state index contributed by atoms with van der Waals surface area (Å²) in [5, 5.41) is 8.99. The second-order valence-corrected chi connectivity index (χ2v) is 3.58. The lowest BCUT2D eigenvalue weighted by Crippen LogP contribution is -2.23. The maximum absolute atomic E-state index is 11.5. The van der Waals surface area contributed by atoms with Gasteiger partial charge in [0.1, 0.15) is 0 Å². The molecule has 3 heteroatoms. The summed E-state index contributed by atoms with van der Waals surface area (Å²) in [6.45, 7) is 0. The largest absolute Gasteiger partial charge is 0.349 e. The summed E-state index contributed by atoms with van der Waals surface area (Å²) >= 11 is 0. The first-order valence-corrected chi connectivity index (χ1v) is 4.80. The number of hydrogen-bond donors (Lipinski definition) is 0. The van der Waals surface area contributed by atoms with Gasteiger partial charge in [0, 0.05) is 20.5 Å². The van der Waals surface area contributed by atoms with E-state index in [-0.39, 0.29) is 18.2 Å². The van der Waals surface area contributed by atoms with Crippen molar-refractivity contribution >= 4 is 5.91 Å². The third-order valence-corrected chi connectivity index (χ3v) is 2.24. The summed E-state index contributed by atoms with van der Waals surface area (Å²) in [6.07, 6.45) is 0.244. The van der Waals surface area contributed by atoms with Crippen LogP contribution in [0.5, 0.6) is 0 Å². The summed E-state index contributed by atoms with van der Waals surface area (Å²) in [6, 6.07) is 11.5. The fourth-order valence-corrected chi connectivity index (χ4v) is 1.28. The Labute approximate surface area is 89.9 Å². The predicted octanol–water partition coefficient (Wildman–Crippen LogP) is 1.77. The first-order valence-electron chi connectivity index (χ1n) is 4.80. The van der Waals surface area contributed by atoms with Gasteiger partial charge in [0.05, 0.1) is 12.0 Å². The van der Waals surface area contributed by atoms with E-state index in [0.29, 0.717) is 0 Å². The van der Waals surface area contributed by atoms with Gasteiger partial charge in [-0.15, -0.1) is 0 Å². The first-order chi connectivity index (χ1) is 7.15. The molecule has 1 rings (SSSR count). The lowest BCUT2D eigenvalue weighted by atomic mass is 9.97. The molecule has 3 nitrogen and oxygen atoms in total. The number of nitrogens with zero attached hydrogens (tertiary/aromatic N) is 2. The molecule has 1 aromatic carbocycles. The minimum atomic E-state index is -0.346. The monoisotopic (exact) mass is 202 g/mol. The standard InChI is InChI=1S/C12H14N2O/c1-14(2)12(15)8-11(9-13)10-6-4-3-5-7-10/h3-7,11H,8H2,1-2H3. The highest BCUT2D eigenvalue weighted by Crippen LogP contribution is 2.18. The average molecular weight is 202 g/mol. The van der Waals surface area contributed by atoms with E-state index in [4.69, 9.17) is 5.26 Å². The summed E-state index contributed by atoms with van der Waals surface area (Å²) in [7, 11) is 3.39. The van der Waals surface area contributed by atoms with E-state index in [2.05, 4.69) is 6.07 Å². The van der Waals surface area contributed by atoms with Crippen molar-refractivity contribution in [3.05, 3.63) is 35.9 Å². The SMILES string of the molecule is CN(C)C(=O)CC(C#N)c1ccccc1. The molecule has 1 aromatic rings. The van der Waals surface area contributed by atoms with Crippen LogP contribution >= 0.6 is 0 Å². The molecular weight excluding hydrogens is 188 g/mol. The summed E-state index contributed by atoms with van der Waals surface area (Å²) in [4.78, 5) is 13.0. The lowest BCUT2D eigenvalue weighted by Gasteiger charge is -2.13. The zero-order chi connectivity index (χ0) is 11.3. The number of amides is 1. The van der Waals surface area contributed by atoms with Crippen molar-refractivity contribution in [1.29, 1.82) is 5.26 Å². The van der Waals surface area contributed by atoms with Crippen molar-refractivity contribution in [2.45, 2.75) is 12.3 Å². The number of nitriles is 1. The van der Waals surface area contributed by atoms with Gasteiger partial charge in [0.15, 0.2) is 0 Å². The molecule has 0 N–H and O–H groups in total. The van der Waals surface area contributed by atoms with Crippen LogP contribution in [0.1, 0.15) is 17.9 Å². The molecule has 0 fully saturated rings. The van der Waals surface area contributed by atoms with Crippen LogP contribution in [0, 0.1) is 11.3 Å². The molecule has 0 aromatic heterocycles. The molecule has 0 aliphatic carbocycles. The quantitative estimate of drug-likeness (QED) is 0.749. The van der Waals surface area contributed by atoms with E-state index in [0.717, 1.165) is 5.56 Å². The van der Waals surface area contributed by atoms with E-state index in [1.54, 1.807) is 14.1 Å². The molecule has 1 atom stereocenters. The van der Waals surface area contributed by atoms with Crippen LogP contribution < -0.4 is 0 Å². The van der Waals surface area contributed by atoms with Gasteiger partial charge in [-0.05, 0) is 5.56 Å². The molecular formula is C12H14N2O. The normalized spacial score (nSPS) is 11.5. The van der Waals surface area contributed by atoms with E-state index < -0.39 is 0 Å². The van der Waals surface area contributed by atoms with Crippen molar-refractivity contribution in [1.82, 2.24) is 4.90 Å². The number of carbonyl (C=O) groups is 1. The fourth-order valence-electron chi connectivity index (χ4n) is 1.28. The first kappa shape index (κ1) is 11.3. The van der Waals surface area contributed by atoms with E-state index in [9.17, 15) is 4.79 Å². The second-order valence-electron chi connectivity index (χ2n) is 3.58. The Morgan fingerprint density at radius 3 is 2.47 bits per heavy atom. The van der Waals surface area contributed by atoms with Gasteiger partial charge in [0.25, 0.3) is 0 Å². The Bertz CT molecular complexity index is 365. The van der Waals surface area contributed by atoms with Crippen LogP contribution in [0.3, 0.4) is 0 Å². The Morgan fingerprint density at radius 2 is 2.00 bits per heavy atom. The predicted molar refractivity (Wildman–Crippen MR) is 58.1 cm³/mol. The van der Waals surface area contributed by atoms with Gasteiger partial charge < -0.3 is 4.90 Å². The van der Waals surface area contributed by atoms with Crippen molar-refractivity contribution in [3.8, 4) is 6.07 Å². The number of benzene rings is 1. The van der Waals surface area contributed by atoms with Gasteiger partial charge in [0.2, 0.25) is 5.91 Å². The van der Waals surface area contributed by atoms with Gasteiger partial charge in [-0.1, -0.05) is 30.3 Å². The van der Waals surface area contributed by atoms with Crippen LogP contribution in [-0.2, 0) is 4.79 Å². The molecule has 0 saturated heterocycles. The Kier molecular flexibility index (Phi) is 3.87. The Balaban J connectivity index is 2.75. The van der Waals surface area contributed by atoms with Gasteiger partial charge >= 0.3 is 0 Å². The van der Waals surface area contributed by atoms with Gasteiger partial charge in [-0.2, -0.15) is 5.26 Å². The van der Waals surface area contributed by atoms with E-state index in [1.807, 2.05) is 30.3 Å². The molecule has 0 heterocycles. The molecule has 15 heavy (non-hydrogen) atoms. The lowest BCUT2D eigenvalue weighted by molar-refractivity contribution is -0.128. The Morgan fingerprint density at radius 1 is 1.40 bits per heavy atom. The van der Waals surface area contributed by atoms with Gasteiger partial charge in [-0.3, -0.25) is 4.79 Å². The molecule has 0 spiro atoms. The second kappa shape index (κ2) is 5.16. The highest BCUT2D eigenvalue weighted by atomic mass is 16.2. The van der Waals surface area contributed by atoms with E-state index in [1.165, 1.54) is 4.90 Å². The third kappa shape index (κ3) is 3.10. The maximum atomic E-state index is 11.5. The number of hydrogen-bond acceptors (Lipinski definition) is 2. The van der Waals surface area contributed by atoms with Gasteiger partial charge in [-0.25, -0.2) is 0 Å². The number of rotatable bonds is 3. The zero-order valence-corrected chi connectivity index (χ0v) is 8.97. The maximum Gasteiger partial charge on any atom is 0.223 e.